The monoisotopic (exact) mass is 265 g/mol. The topological polar surface area (TPSA) is 30.7 Å². The highest BCUT2D eigenvalue weighted by Crippen LogP contribution is 2.23. The zero-order valence-electron chi connectivity index (χ0n) is 11.5. The quantitative estimate of drug-likeness (QED) is 0.783. The van der Waals surface area contributed by atoms with Gasteiger partial charge < -0.3 is 4.57 Å². The first kappa shape index (κ1) is 13.3. The van der Waals surface area contributed by atoms with E-state index in [2.05, 4.69) is 42.2 Å². The number of rotatable bonds is 3. The van der Waals surface area contributed by atoms with Gasteiger partial charge in [-0.25, -0.2) is 9.97 Å². The summed E-state index contributed by atoms with van der Waals surface area (Å²) in [6, 6.07) is 3.75. The molecule has 0 saturated heterocycles. The molecule has 0 aliphatic carbocycles. The molecule has 0 amide bonds. The molecule has 0 atom stereocenters. The maximum atomic E-state index is 6.00. The van der Waals surface area contributed by atoms with Gasteiger partial charge in [0.2, 0.25) is 0 Å². The first-order valence-electron chi connectivity index (χ1n) is 6.42. The lowest BCUT2D eigenvalue weighted by Crippen LogP contribution is -2.17. The Labute approximate surface area is 113 Å². The minimum atomic E-state index is 0.195. The lowest BCUT2D eigenvalue weighted by atomic mass is 9.97. The third kappa shape index (κ3) is 2.83. The van der Waals surface area contributed by atoms with Crippen LogP contribution >= 0.6 is 11.6 Å². The van der Waals surface area contributed by atoms with Crippen molar-refractivity contribution in [2.24, 2.45) is 5.41 Å². The third-order valence-electron chi connectivity index (χ3n) is 2.74. The first-order chi connectivity index (χ1) is 8.40. The number of aryl methyl sites for hydroxylation is 1. The van der Waals surface area contributed by atoms with Gasteiger partial charge in [-0.15, -0.1) is 0 Å². The second-order valence-corrected chi connectivity index (χ2v) is 6.29. The smallest absolute Gasteiger partial charge is 0.161 e. The summed E-state index contributed by atoms with van der Waals surface area (Å²) in [6.45, 7) is 9.74. The lowest BCUT2D eigenvalue weighted by Gasteiger charge is -2.20. The molecule has 2 heterocycles. The van der Waals surface area contributed by atoms with E-state index in [9.17, 15) is 0 Å². The molecule has 0 aliphatic heterocycles. The standard InChI is InChI=1S/C14H20ClN3/c1-5-6-12-16-10-7-8-11(15)17-13(10)18(12)9-14(2,3)4/h7-8H,5-6,9H2,1-4H3. The van der Waals surface area contributed by atoms with Crippen molar-refractivity contribution in [3.63, 3.8) is 0 Å². The van der Waals surface area contributed by atoms with E-state index >= 15 is 0 Å². The number of hydrogen-bond acceptors (Lipinski definition) is 2. The molecule has 0 aromatic carbocycles. The van der Waals surface area contributed by atoms with Crippen LogP contribution in [0.3, 0.4) is 0 Å². The number of aromatic nitrogens is 3. The van der Waals surface area contributed by atoms with Gasteiger partial charge in [0.25, 0.3) is 0 Å². The fourth-order valence-electron chi connectivity index (χ4n) is 2.08. The summed E-state index contributed by atoms with van der Waals surface area (Å²) < 4.78 is 2.21. The van der Waals surface area contributed by atoms with E-state index in [1.807, 2.05) is 6.07 Å². The van der Waals surface area contributed by atoms with Crippen molar-refractivity contribution in [2.75, 3.05) is 0 Å². The van der Waals surface area contributed by atoms with Crippen molar-refractivity contribution in [1.82, 2.24) is 14.5 Å². The van der Waals surface area contributed by atoms with Crippen LogP contribution in [0.1, 0.15) is 39.9 Å². The predicted octanol–water partition coefficient (Wildman–Crippen LogP) is 4.08. The Balaban J connectivity index is 2.57. The van der Waals surface area contributed by atoms with Gasteiger partial charge in [0.1, 0.15) is 16.5 Å². The van der Waals surface area contributed by atoms with E-state index in [-0.39, 0.29) is 5.41 Å². The van der Waals surface area contributed by atoms with E-state index < -0.39 is 0 Å². The SMILES string of the molecule is CCCc1nc2ccc(Cl)nc2n1CC(C)(C)C. The van der Waals surface area contributed by atoms with Crippen LogP contribution in [0.4, 0.5) is 0 Å². The number of nitrogens with zero attached hydrogens (tertiary/aromatic N) is 3. The highest BCUT2D eigenvalue weighted by molar-refractivity contribution is 6.29. The van der Waals surface area contributed by atoms with E-state index in [0.29, 0.717) is 5.15 Å². The Morgan fingerprint density at radius 3 is 2.56 bits per heavy atom. The van der Waals surface area contributed by atoms with Crippen molar-refractivity contribution in [3.8, 4) is 0 Å². The van der Waals surface area contributed by atoms with Crippen molar-refractivity contribution in [1.29, 1.82) is 0 Å². The molecule has 0 bridgehead atoms. The van der Waals surface area contributed by atoms with Crippen LogP contribution in [0, 0.1) is 5.41 Å². The Morgan fingerprint density at radius 2 is 1.94 bits per heavy atom. The molecule has 98 valence electrons. The van der Waals surface area contributed by atoms with Crippen LogP contribution in [-0.4, -0.2) is 14.5 Å². The Kier molecular flexibility index (Phi) is 3.62. The molecule has 0 fully saturated rings. The number of halogens is 1. The summed E-state index contributed by atoms with van der Waals surface area (Å²) in [7, 11) is 0. The van der Waals surface area contributed by atoms with Gasteiger partial charge in [0, 0.05) is 13.0 Å². The highest BCUT2D eigenvalue weighted by Gasteiger charge is 2.18. The zero-order chi connectivity index (χ0) is 13.3. The highest BCUT2D eigenvalue weighted by atomic mass is 35.5. The van der Waals surface area contributed by atoms with Crippen molar-refractivity contribution >= 4 is 22.8 Å². The summed E-state index contributed by atoms with van der Waals surface area (Å²) >= 11 is 6.00. The molecule has 18 heavy (non-hydrogen) atoms. The van der Waals surface area contributed by atoms with Gasteiger partial charge >= 0.3 is 0 Å². The second-order valence-electron chi connectivity index (χ2n) is 5.90. The predicted molar refractivity (Wildman–Crippen MR) is 76.0 cm³/mol. The fraction of sp³-hybridized carbons (Fsp3) is 0.571. The summed E-state index contributed by atoms with van der Waals surface area (Å²) in [5.41, 5.74) is 2.04. The molecule has 0 spiro atoms. The largest absolute Gasteiger partial charge is 0.312 e. The van der Waals surface area contributed by atoms with Crippen LogP contribution in [0.2, 0.25) is 5.15 Å². The van der Waals surface area contributed by atoms with Crippen LogP contribution < -0.4 is 0 Å². The van der Waals surface area contributed by atoms with Crippen molar-refractivity contribution < 1.29 is 0 Å². The normalized spacial score (nSPS) is 12.3. The Hall–Kier alpha value is -1.09. The molecule has 0 aliphatic rings. The van der Waals surface area contributed by atoms with Crippen LogP contribution in [0.15, 0.2) is 12.1 Å². The summed E-state index contributed by atoms with van der Waals surface area (Å²) in [6.07, 6.45) is 2.06. The average Bonchev–Trinajstić information content (AvgIpc) is 2.56. The maximum Gasteiger partial charge on any atom is 0.161 e. The van der Waals surface area contributed by atoms with Gasteiger partial charge in [-0.1, -0.05) is 39.3 Å². The molecule has 2 rings (SSSR count). The van der Waals surface area contributed by atoms with E-state index in [1.165, 1.54) is 0 Å². The van der Waals surface area contributed by atoms with Crippen LogP contribution in [-0.2, 0) is 13.0 Å². The molecule has 0 radical (unpaired) electrons. The molecular weight excluding hydrogens is 246 g/mol. The number of pyridine rings is 1. The Morgan fingerprint density at radius 1 is 1.22 bits per heavy atom. The van der Waals surface area contributed by atoms with Gasteiger partial charge in [0.15, 0.2) is 5.65 Å². The van der Waals surface area contributed by atoms with Gasteiger partial charge in [-0.2, -0.15) is 0 Å². The summed E-state index contributed by atoms with van der Waals surface area (Å²) in [5, 5.41) is 0.528. The molecular formula is C14H20ClN3. The molecule has 3 nitrogen and oxygen atoms in total. The van der Waals surface area contributed by atoms with Gasteiger partial charge in [-0.05, 0) is 24.0 Å². The number of imidazole rings is 1. The molecule has 0 N–H and O–H groups in total. The summed E-state index contributed by atoms with van der Waals surface area (Å²) in [5.74, 6) is 1.11. The molecule has 4 heteroatoms. The van der Waals surface area contributed by atoms with E-state index in [1.54, 1.807) is 6.07 Å². The first-order valence-corrected chi connectivity index (χ1v) is 6.80. The van der Waals surface area contributed by atoms with Gasteiger partial charge in [0.05, 0.1) is 0 Å². The Bertz CT molecular complexity index is 552. The van der Waals surface area contributed by atoms with Gasteiger partial charge in [-0.3, -0.25) is 0 Å². The molecule has 0 saturated carbocycles. The molecule has 0 unspecified atom stereocenters. The minimum absolute atomic E-state index is 0.195. The zero-order valence-corrected chi connectivity index (χ0v) is 12.3. The average molecular weight is 266 g/mol. The van der Waals surface area contributed by atoms with Crippen LogP contribution in [0.5, 0.6) is 0 Å². The number of fused-ring (bicyclic) bond motifs is 1. The van der Waals surface area contributed by atoms with Crippen molar-refractivity contribution in [2.45, 2.75) is 47.1 Å². The second kappa shape index (κ2) is 4.88. The lowest BCUT2D eigenvalue weighted by molar-refractivity contribution is 0.342. The van der Waals surface area contributed by atoms with Crippen molar-refractivity contribution in [3.05, 3.63) is 23.1 Å². The van der Waals surface area contributed by atoms with E-state index in [4.69, 9.17) is 11.6 Å². The molecule has 2 aromatic rings. The van der Waals surface area contributed by atoms with Crippen LogP contribution in [0.25, 0.3) is 11.2 Å². The minimum Gasteiger partial charge on any atom is -0.312 e. The summed E-state index contributed by atoms with van der Waals surface area (Å²) in [4.78, 5) is 9.10. The third-order valence-corrected chi connectivity index (χ3v) is 2.95. The van der Waals surface area contributed by atoms with E-state index in [0.717, 1.165) is 36.4 Å². The number of hydrogen-bond donors (Lipinski definition) is 0. The maximum absolute atomic E-state index is 6.00. The molecule has 2 aromatic heterocycles. The fourth-order valence-corrected chi connectivity index (χ4v) is 2.22.